The lowest BCUT2D eigenvalue weighted by molar-refractivity contribution is -0.402. The Bertz CT molecular complexity index is 503. The number of nitrogens with zero attached hydrogens (tertiary/aromatic N) is 4. The monoisotopic (exact) mass is 319 g/mol. The topological polar surface area (TPSA) is 118 Å². The molecule has 0 atom stereocenters. The van der Waals surface area contributed by atoms with Crippen LogP contribution in [0.1, 0.15) is 12.2 Å². The molecule has 0 aromatic carbocycles. The molecule has 0 radical (unpaired) electrons. The molecule has 0 bridgehead atoms. The Labute approximate surface area is 127 Å². The quantitative estimate of drug-likeness (QED) is 0.461. The summed E-state index contributed by atoms with van der Waals surface area (Å²) in [6.07, 6.45) is 1.92. The van der Waals surface area contributed by atoms with Gasteiger partial charge in [0.05, 0.1) is 12.3 Å². The van der Waals surface area contributed by atoms with Crippen molar-refractivity contribution in [3.05, 3.63) is 28.0 Å². The molecule has 0 aliphatic carbocycles. The van der Waals surface area contributed by atoms with Gasteiger partial charge < -0.3 is 15.1 Å². The van der Waals surface area contributed by atoms with Gasteiger partial charge in [0.15, 0.2) is 5.76 Å². The van der Waals surface area contributed by atoms with Crippen LogP contribution in [-0.4, -0.2) is 54.3 Å². The first-order valence-electron chi connectivity index (χ1n) is 5.90. The maximum Gasteiger partial charge on any atom is 0.433 e. The summed E-state index contributed by atoms with van der Waals surface area (Å²) < 4.78 is 4.88. The standard InChI is InChI=1S/C11H17N5O4.ClH/c1-14(2)6-3-7-15(11(12)17)13-8-9-4-5-10(20-9)16(18)19;/h4-5,8H,3,6-7H2,1-2H3,(H2,12,17);1H/b13-8-;. The number of carbonyl (C=O) groups excluding carboxylic acids is 1. The van der Waals surface area contributed by atoms with Crippen molar-refractivity contribution in [2.24, 2.45) is 10.8 Å². The second-order valence-electron chi connectivity index (χ2n) is 4.30. The van der Waals surface area contributed by atoms with Crippen molar-refractivity contribution >= 4 is 30.5 Å². The summed E-state index contributed by atoms with van der Waals surface area (Å²) in [5.74, 6) is -0.208. The number of urea groups is 1. The van der Waals surface area contributed by atoms with Crippen molar-refractivity contribution in [3.8, 4) is 0 Å². The number of primary amides is 1. The Kier molecular flexibility index (Phi) is 8.02. The van der Waals surface area contributed by atoms with E-state index >= 15 is 0 Å². The first kappa shape index (κ1) is 18.9. The lowest BCUT2D eigenvalue weighted by Crippen LogP contribution is -2.33. The van der Waals surface area contributed by atoms with Crippen LogP contribution in [0.2, 0.25) is 0 Å². The minimum absolute atomic E-state index is 0. The van der Waals surface area contributed by atoms with Crippen LogP contribution in [0.5, 0.6) is 0 Å². The van der Waals surface area contributed by atoms with Crippen LogP contribution in [0.3, 0.4) is 0 Å². The summed E-state index contributed by atoms with van der Waals surface area (Å²) in [5, 5.41) is 15.4. The van der Waals surface area contributed by atoms with Crippen molar-refractivity contribution in [2.45, 2.75) is 6.42 Å². The highest BCUT2D eigenvalue weighted by Crippen LogP contribution is 2.14. The molecule has 10 heteroatoms. The molecule has 0 aliphatic rings. The average Bonchev–Trinajstić information content (AvgIpc) is 2.81. The number of hydrazone groups is 1. The molecule has 21 heavy (non-hydrogen) atoms. The molecule has 1 aromatic heterocycles. The molecule has 2 N–H and O–H groups in total. The van der Waals surface area contributed by atoms with Crippen LogP contribution >= 0.6 is 12.4 Å². The highest BCUT2D eigenvalue weighted by atomic mass is 35.5. The third-order valence-electron chi connectivity index (χ3n) is 2.35. The van der Waals surface area contributed by atoms with Gasteiger partial charge >= 0.3 is 11.9 Å². The SMILES string of the molecule is CN(C)CCCN(/N=C\c1ccc([N+](=O)[O-])o1)C(N)=O.Cl. The molecule has 118 valence electrons. The summed E-state index contributed by atoms with van der Waals surface area (Å²) in [7, 11) is 3.83. The smallest absolute Gasteiger partial charge is 0.400 e. The van der Waals surface area contributed by atoms with E-state index in [1.54, 1.807) is 0 Å². The fourth-order valence-electron chi connectivity index (χ4n) is 1.40. The van der Waals surface area contributed by atoms with Gasteiger partial charge in [0.1, 0.15) is 4.92 Å². The van der Waals surface area contributed by atoms with Gasteiger partial charge in [-0.2, -0.15) is 5.10 Å². The zero-order valence-electron chi connectivity index (χ0n) is 11.8. The van der Waals surface area contributed by atoms with E-state index in [0.717, 1.165) is 11.6 Å². The Morgan fingerprint density at radius 2 is 2.14 bits per heavy atom. The van der Waals surface area contributed by atoms with E-state index in [4.69, 9.17) is 10.2 Å². The van der Waals surface area contributed by atoms with Crippen molar-refractivity contribution in [1.29, 1.82) is 0 Å². The highest BCUT2D eigenvalue weighted by molar-refractivity contribution is 5.85. The van der Waals surface area contributed by atoms with E-state index < -0.39 is 11.0 Å². The number of hydrogen-bond donors (Lipinski definition) is 1. The summed E-state index contributed by atoms with van der Waals surface area (Å²) in [6.45, 7) is 1.14. The van der Waals surface area contributed by atoms with Crippen LogP contribution in [-0.2, 0) is 0 Å². The fourth-order valence-corrected chi connectivity index (χ4v) is 1.40. The van der Waals surface area contributed by atoms with Gasteiger partial charge in [-0.25, -0.2) is 9.80 Å². The molecule has 0 aliphatic heterocycles. The number of furan rings is 1. The normalized spacial score (nSPS) is 10.6. The molecule has 1 rings (SSSR count). The first-order chi connectivity index (χ1) is 9.40. The van der Waals surface area contributed by atoms with Crippen LogP contribution in [0.15, 0.2) is 21.7 Å². The number of halogens is 1. The van der Waals surface area contributed by atoms with Crippen LogP contribution in [0, 0.1) is 10.1 Å². The number of hydrogen-bond acceptors (Lipinski definition) is 6. The zero-order chi connectivity index (χ0) is 15.1. The molecule has 2 amide bonds. The number of rotatable bonds is 7. The van der Waals surface area contributed by atoms with Crippen molar-refractivity contribution in [2.75, 3.05) is 27.2 Å². The molecule has 0 unspecified atom stereocenters. The van der Waals surface area contributed by atoms with Gasteiger partial charge in [-0.05, 0) is 33.1 Å². The number of carbonyl (C=O) groups is 1. The second-order valence-corrected chi connectivity index (χ2v) is 4.30. The van der Waals surface area contributed by atoms with Gasteiger partial charge in [-0.3, -0.25) is 10.1 Å². The lowest BCUT2D eigenvalue weighted by atomic mass is 10.4. The third-order valence-corrected chi connectivity index (χ3v) is 2.35. The van der Waals surface area contributed by atoms with Crippen LogP contribution in [0.4, 0.5) is 10.7 Å². The number of nitrogens with two attached hydrogens (primary N) is 1. The minimum atomic E-state index is -0.693. The Morgan fingerprint density at radius 3 is 2.62 bits per heavy atom. The fraction of sp³-hybridized carbons (Fsp3) is 0.455. The average molecular weight is 320 g/mol. The van der Waals surface area contributed by atoms with Crippen molar-refractivity contribution in [1.82, 2.24) is 9.91 Å². The van der Waals surface area contributed by atoms with Crippen LogP contribution < -0.4 is 5.73 Å². The van der Waals surface area contributed by atoms with Crippen LogP contribution in [0.25, 0.3) is 0 Å². The Balaban J connectivity index is 0.00000400. The molecule has 0 saturated carbocycles. The molecule has 0 fully saturated rings. The molecule has 1 aromatic rings. The van der Waals surface area contributed by atoms with E-state index in [-0.39, 0.29) is 24.1 Å². The lowest BCUT2D eigenvalue weighted by Gasteiger charge is -2.15. The third kappa shape index (κ3) is 6.72. The second kappa shape index (κ2) is 8.93. The van der Waals surface area contributed by atoms with E-state index in [2.05, 4.69) is 5.10 Å². The van der Waals surface area contributed by atoms with Crippen molar-refractivity contribution < 1.29 is 14.1 Å². The van der Waals surface area contributed by atoms with Gasteiger partial charge in [0.2, 0.25) is 0 Å². The maximum absolute atomic E-state index is 11.2. The van der Waals surface area contributed by atoms with Gasteiger partial charge in [-0.15, -0.1) is 12.4 Å². The number of amides is 2. The molecule has 9 nitrogen and oxygen atoms in total. The number of nitro groups is 1. The molecule has 1 heterocycles. The molecular weight excluding hydrogens is 302 g/mol. The summed E-state index contributed by atoms with van der Waals surface area (Å²) in [6, 6.07) is 1.91. The zero-order valence-corrected chi connectivity index (χ0v) is 12.6. The summed E-state index contributed by atoms with van der Waals surface area (Å²) in [4.78, 5) is 23.0. The molecule has 0 spiro atoms. The van der Waals surface area contributed by atoms with Gasteiger partial charge in [0.25, 0.3) is 0 Å². The predicted molar refractivity (Wildman–Crippen MR) is 79.7 cm³/mol. The van der Waals surface area contributed by atoms with E-state index in [1.807, 2.05) is 19.0 Å². The minimum Gasteiger partial charge on any atom is -0.400 e. The highest BCUT2D eigenvalue weighted by Gasteiger charge is 2.11. The summed E-state index contributed by atoms with van der Waals surface area (Å²) >= 11 is 0. The van der Waals surface area contributed by atoms with Gasteiger partial charge in [0, 0.05) is 6.54 Å². The Morgan fingerprint density at radius 1 is 1.48 bits per heavy atom. The Hall–Kier alpha value is -2.13. The van der Waals surface area contributed by atoms with Gasteiger partial charge in [-0.1, -0.05) is 0 Å². The van der Waals surface area contributed by atoms with E-state index in [9.17, 15) is 14.9 Å². The van der Waals surface area contributed by atoms with Crippen molar-refractivity contribution in [3.63, 3.8) is 0 Å². The predicted octanol–water partition coefficient (Wildman–Crippen LogP) is 1.28. The first-order valence-corrected chi connectivity index (χ1v) is 5.90. The molecule has 0 saturated heterocycles. The molecular formula is C11H18ClN5O4. The summed E-state index contributed by atoms with van der Waals surface area (Å²) in [5.41, 5.74) is 5.19. The van der Waals surface area contributed by atoms with E-state index in [0.29, 0.717) is 13.0 Å². The van der Waals surface area contributed by atoms with E-state index in [1.165, 1.54) is 18.3 Å². The maximum atomic E-state index is 11.2. The largest absolute Gasteiger partial charge is 0.433 e.